The molecule has 1 atom stereocenters. The number of morpholine rings is 1. The van der Waals surface area contributed by atoms with Gasteiger partial charge < -0.3 is 19.5 Å². The zero-order valence-corrected chi connectivity index (χ0v) is 13.3. The third-order valence-corrected chi connectivity index (χ3v) is 3.95. The summed E-state index contributed by atoms with van der Waals surface area (Å²) in [6.45, 7) is 10.4. The van der Waals surface area contributed by atoms with E-state index in [1.54, 1.807) is 4.90 Å². The number of ether oxygens (including phenoxy) is 1. The predicted octanol–water partition coefficient (Wildman–Crippen LogP) is 2.51. The van der Waals surface area contributed by atoms with E-state index in [1.165, 1.54) is 0 Å². The van der Waals surface area contributed by atoms with Gasteiger partial charge in [0.05, 0.1) is 31.0 Å². The van der Waals surface area contributed by atoms with Crippen LogP contribution in [0.3, 0.4) is 0 Å². The van der Waals surface area contributed by atoms with Crippen LogP contribution in [0, 0.1) is 0 Å². The summed E-state index contributed by atoms with van der Waals surface area (Å²) in [6, 6.07) is 1.81. The summed E-state index contributed by atoms with van der Waals surface area (Å²) in [5, 5.41) is 6.86. The average molecular weight is 295 g/mol. The van der Waals surface area contributed by atoms with Crippen molar-refractivity contribution in [2.24, 2.45) is 0 Å². The molecule has 2 heterocycles. The first-order valence-electron chi connectivity index (χ1n) is 7.56. The van der Waals surface area contributed by atoms with Crippen molar-refractivity contribution in [3.05, 3.63) is 17.5 Å². The Morgan fingerprint density at radius 1 is 1.57 bits per heavy atom. The summed E-state index contributed by atoms with van der Waals surface area (Å²) in [5.74, 6) is 1.00. The van der Waals surface area contributed by atoms with Gasteiger partial charge in [-0.25, -0.2) is 4.79 Å². The van der Waals surface area contributed by atoms with Gasteiger partial charge in [-0.2, -0.15) is 0 Å². The van der Waals surface area contributed by atoms with Crippen LogP contribution in [-0.2, 0) is 11.3 Å². The van der Waals surface area contributed by atoms with Crippen molar-refractivity contribution in [2.45, 2.75) is 52.2 Å². The van der Waals surface area contributed by atoms with Gasteiger partial charge >= 0.3 is 6.03 Å². The lowest BCUT2D eigenvalue weighted by atomic mass is 10.0. The summed E-state index contributed by atoms with van der Waals surface area (Å²) in [7, 11) is 0. The Hall–Kier alpha value is -1.56. The molecule has 2 rings (SSSR count). The molecule has 1 saturated heterocycles. The Balaban J connectivity index is 1.86. The number of rotatable bonds is 4. The lowest BCUT2D eigenvalue weighted by molar-refractivity contribution is -0.0873. The zero-order chi connectivity index (χ0) is 15.5. The maximum Gasteiger partial charge on any atom is 0.317 e. The van der Waals surface area contributed by atoms with Crippen LogP contribution in [0.25, 0.3) is 0 Å². The number of amides is 2. The number of nitrogens with zero attached hydrogens (tertiary/aromatic N) is 2. The standard InChI is InChI=1S/C15H25N3O3/c1-5-15(4)10-18(6-7-20-15)14(19)16-9-12-8-13(11(2)3)17-21-12/h8,11H,5-7,9-10H2,1-4H3,(H,16,19)/t15-/m0/s1. The lowest BCUT2D eigenvalue weighted by Gasteiger charge is -2.39. The van der Waals surface area contributed by atoms with Gasteiger partial charge in [-0.1, -0.05) is 25.9 Å². The highest BCUT2D eigenvalue weighted by Gasteiger charge is 2.32. The molecule has 0 bridgehead atoms. The van der Waals surface area contributed by atoms with Gasteiger partial charge in [-0.15, -0.1) is 0 Å². The van der Waals surface area contributed by atoms with Crippen LogP contribution < -0.4 is 5.32 Å². The van der Waals surface area contributed by atoms with Crippen LogP contribution in [0.5, 0.6) is 0 Å². The normalized spacial score (nSPS) is 22.6. The van der Waals surface area contributed by atoms with Crippen LogP contribution in [0.4, 0.5) is 4.79 Å². The predicted molar refractivity (Wildman–Crippen MR) is 79.0 cm³/mol. The minimum atomic E-state index is -0.243. The van der Waals surface area contributed by atoms with Gasteiger partial charge in [0, 0.05) is 12.6 Å². The first kappa shape index (κ1) is 15.8. The largest absolute Gasteiger partial charge is 0.372 e. The Morgan fingerprint density at radius 3 is 2.95 bits per heavy atom. The maximum absolute atomic E-state index is 12.2. The molecule has 21 heavy (non-hydrogen) atoms. The van der Waals surface area contributed by atoms with Crippen molar-refractivity contribution < 1.29 is 14.1 Å². The monoisotopic (exact) mass is 295 g/mol. The van der Waals surface area contributed by atoms with E-state index in [0.717, 1.165) is 12.1 Å². The fraction of sp³-hybridized carbons (Fsp3) is 0.733. The van der Waals surface area contributed by atoms with E-state index >= 15 is 0 Å². The van der Waals surface area contributed by atoms with Gasteiger partial charge in [-0.3, -0.25) is 0 Å². The summed E-state index contributed by atoms with van der Waals surface area (Å²) in [6.07, 6.45) is 0.886. The second-order valence-corrected chi connectivity index (χ2v) is 6.10. The molecular weight excluding hydrogens is 270 g/mol. The van der Waals surface area contributed by atoms with Crippen LogP contribution >= 0.6 is 0 Å². The van der Waals surface area contributed by atoms with Crippen molar-refractivity contribution >= 4 is 6.03 Å². The smallest absolute Gasteiger partial charge is 0.317 e. The summed E-state index contributed by atoms with van der Waals surface area (Å²) in [5.41, 5.74) is 0.663. The van der Waals surface area contributed by atoms with Gasteiger partial charge in [0.1, 0.15) is 0 Å². The molecule has 6 heteroatoms. The van der Waals surface area contributed by atoms with Gasteiger partial charge in [0.15, 0.2) is 5.76 Å². The maximum atomic E-state index is 12.2. The number of hydrogen-bond acceptors (Lipinski definition) is 4. The number of hydrogen-bond donors (Lipinski definition) is 1. The minimum Gasteiger partial charge on any atom is -0.372 e. The molecule has 1 aromatic heterocycles. The van der Waals surface area contributed by atoms with Gasteiger partial charge in [0.2, 0.25) is 0 Å². The fourth-order valence-electron chi connectivity index (χ4n) is 2.28. The Morgan fingerprint density at radius 2 is 2.33 bits per heavy atom. The van der Waals surface area contributed by atoms with Crippen molar-refractivity contribution in [3.8, 4) is 0 Å². The first-order valence-corrected chi connectivity index (χ1v) is 7.56. The zero-order valence-electron chi connectivity index (χ0n) is 13.3. The molecule has 1 N–H and O–H groups in total. The molecule has 0 spiro atoms. The topological polar surface area (TPSA) is 67.6 Å². The molecule has 0 aromatic carbocycles. The number of carbonyl (C=O) groups excluding carboxylic acids is 1. The highest BCUT2D eigenvalue weighted by Crippen LogP contribution is 2.21. The molecule has 1 aliphatic rings. The highest BCUT2D eigenvalue weighted by molar-refractivity contribution is 5.74. The van der Waals surface area contributed by atoms with E-state index in [4.69, 9.17) is 9.26 Å². The van der Waals surface area contributed by atoms with Crippen molar-refractivity contribution in [1.29, 1.82) is 0 Å². The van der Waals surface area contributed by atoms with Crippen LogP contribution in [0.2, 0.25) is 0 Å². The molecule has 6 nitrogen and oxygen atoms in total. The number of aromatic nitrogens is 1. The molecule has 0 unspecified atom stereocenters. The minimum absolute atomic E-state index is 0.0829. The van der Waals surface area contributed by atoms with Crippen LogP contribution in [0.1, 0.15) is 51.5 Å². The lowest BCUT2D eigenvalue weighted by Crippen LogP contribution is -2.54. The molecule has 2 amide bonds. The second kappa shape index (κ2) is 6.47. The van der Waals surface area contributed by atoms with Crippen molar-refractivity contribution in [2.75, 3.05) is 19.7 Å². The van der Waals surface area contributed by atoms with Crippen molar-refractivity contribution in [1.82, 2.24) is 15.4 Å². The van der Waals surface area contributed by atoms with E-state index in [2.05, 4.69) is 31.2 Å². The third-order valence-electron chi connectivity index (χ3n) is 3.95. The van der Waals surface area contributed by atoms with Crippen LogP contribution in [0.15, 0.2) is 10.6 Å². The molecule has 0 saturated carbocycles. The first-order chi connectivity index (χ1) is 9.93. The van der Waals surface area contributed by atoms with E-state index in [1.807, 2.05) is 13.0 Å². The van der Waals surface area contributed by atoms with E-state index in [0.29, 0.717) is 37.9 Å². The number of urea groups is 1. The number of carbonyl (C=O) groups is 1. The molecule has 1 aliphatic heterocycles. The summed E-state index contributed by atoms with van der Waals surface area (Å²) >= 11 is 0. The third kappa shape index (κ3) is 3.97. The summed E-state index contributed by atoms with van der Waals surface area (Å²) < 4.78 is 11.0. The van der Waals surface area contributed by atoms with E-state index in [-0.39, 0.29) is 11.6 Å². The second-order valence-electron chi connectivity index (χ2n) is 6.10. The quantitative estimate of drug-likeness (QED) is 0.926. The fourth-order valence-corrected chi connectivity index (χ4v) is 2.28. The molecule has 0 radical (unpaired) electrons. The van der Waals surface area contributed by atoms with E-state index < -0.39 is 0 Å². The summed E-state index contributed by atoms with van der Waals surface area (Å²) in [4.78, 5) is 14.0. The molecule has 1 aromatic rings. The Bertz CT molecular complexity index is 486. The average Bonchev–Trinajstić information content (AvgIpc) is 2.94. The molecule has 118 valence electrons. The molecular formula is C15H25N3O3. The molecule has 0 aliphatic carbocycles. The SMILES string of the molecule is CC[C@@]1(C)CN(C(=O)NCc2cc(C(C)C)no2)CCO1. The Kier molecular flexibility index (Phi) is 4.88. The van der Waals surface area contributed by atoms with Crippen molar-refractivity contribution in [3.63, 3.8) is 0 Å². The van der Waals surface area contributed by atoms with Gasteiger partial charge in [-0.05, 0) is 19.3 Å². The van der Waals surface area contributed by atoms with Gasteiger partial charge in [0.25, 0.3) is 0 Å². The Labute approximate surface area is 125 Å². The highest BCUT2D eigenvalue weighted by atomic mass is 16.5. The number of nitrogens with one attached hydrogen (secondary N) is 1. The van der Waals surface area contributed by atoms with Crippen LogP contribution in [-0.4, -0.2) is 41.4 Å². The van der Waals surface area contributed by atoms with E-state index in [9.17, 15) is 4.79 Å². The molecule has 1 fully saturated rings.